The molecule has 3 aromatic rings. The molecule has 1 aliphatic heterocycles. The van der Waals surface area contributed by atoms with Crippen molar-refractivity contribution in [3.63, 3.8) is 0 Å². The van der Waals surface area contributed by atoms with Crippen molar-refractivity contribution >= 4 is 17.4 Å². The summed E-state index contributed by atoms with van der Waals surface area (Å²) < 4.78 is 12.7. The van der Waals surface area contributed by atoms with Gasteiger partial charge in [-0.15, -0.1) is 0 Å². The fraction of sp³-hybridized carbons (Fsp3) is 0.400. The Balaban J connectivity index is 1.59. The molecule has 0 amide bonds. The zero-order valence-electron chi connectivity index (χ0n) is 12.8. The Bertz CT molecular complexity index is 805. The van der Waals surface area contributed by atoms with E-state index < -0.39 is 0 Å². The van der Waals surface area contributed by atoms with Crippen LogP contribution < -0.4 is 5.32 Å². The lowest BCUT2D eigenvalue weighted by Gasteiger charge is -2.05. The van der Waals surface area contributed by atoms with Crippen LogP contribution in [0.25, 0.3) is 5.65 Å². The molecule has 0 spiro atoms. The largest absolute Gasteiger partial charge is 0.378 e. The number of H-pyrrole nitrogens is 1. The van der Waals surface area contributed by atoms with Crippen LogP contribution in [0.3, 0.4) is 0 Å². The van der Waals surface area contributed by atoms with Gasteiger partial charge in [-0.05, 0) is 18.9 Å². The molecule has 23 heavy (non-hydrogen) atoms. The standard InChI is InChI=1S/C15H18N6O2/c1-22-9-10-8-21-14(17-10)4-5-16-15(21)18-13-7-11(19-20-13)12-3-2-6-23-12/h4-5,7-8,12H,2-3,6,9H2,1H3,(H2,16,18,19,20)/t12-/m1/s1. The monoisotopic (exact) mass is 314 g/mol. The summed E-state index contributed by atoms with van der Waals surface area (Å²) in [7, 11) is 1.65. The highest BCUT2D eigenvalue weighted by Crippen LogP contribution is 2.28. The van der Waals surface area contributed by atoms with E-state index in [0.29, 0.717) is 18.4 Å². The van der Waals surface area contributed by atoms with Crippen molar-refractivity contribution < 1.29 is 9.47 Å². The van der Waals surface area contributed by atoms with Crippen LogP contribution in [-0.2, 0) is 16.1 Å². The maximum absolute atomic E-state index is 5.66. The number of fused-ring (bicyclic) bond motifs is 1. The van der Waals surface area contributed by atoms with Crippen LogP contribution in [-0.4, -0.2) is 38.3 Å². The van der Waals surface area contributed by atoms with Gasteiger partial charge in [0.2, 0.25) is 5.95 Å². The van der Waals surface area contributed by atoms with Crippen LogP contribution in [0.5, 0.6) is 0 Å². The molecule has 8 nitrogen and oxygen atoms in total. The van der Waals surface area contributed by atoms with Crippen molar-refractivity contribution in [3.8, 4) is 0 Å². The Morgan fingerprint density at radius 2 is 2.48 bits per heavy atom. The third kappa shape index (κ3) is 2.78. The summed E-state index contributed by atoms with van der Waals surface area (Å²) in [6.07, 6.45) is 5.85. The van der Waals surface area contributed by atoms with E-state index in [1.165, 1.54) is 0 Å². The van der Waals surface area contributed by atoms with E-state index in [1.807, 2.05) is 22.7 Å². The molecule has 0 unspecified atom stereocenters. The van der Waals surface area contributed by atoms with Crippen molar-refractivity contribution in [3.05, 3.63) is 35.9 Å². The molecule has 0 bridgehead atoms. The van der Waals surface area contributed by atoms with E-state index >= 15 is 0 Å². The van der Waals surface area contributed by atoms with Crippen LogP contribution in [0.15, 0.2) is 24.5 Å². The first kappa shape index (κ1) is 14.2. The van der Waals surface area contributed by atoms with Gasteiger partial charge in [0.1, 0.15) is 5.65 Å². The minimum absolute atomic E-state index is 0.114. The number of ether oxygens (including phenoxy) is 2. The number of aromatic amines is 1. The van der Waals surface area contributed by atoms with Gasteiger partial charge >= 0.3 is 0 Å². The molecule has 4 heterocycles. The Morgan fingerprint density at radius 1 is 1.52 bits per heavy atom. The van der Waals surface area contributed by atoms with Gasteiger partial charge < -0.3 is 14.8 Å². The molecule has 3 aromatic heterocycles. The number of rotatable bonds is 5. The normalized spacial score (nSPS) is 17.9. The first-order valence-electron chi connectivity index (χ1n) is 7.59. The lowest BCUT2D eigenvalue weighted by molar-refractivity contribution is 0.108. The fourth-order valence-electron chi connectivity index (χ4n) is 2.78. The fourth-order valence-corrected chi connectivity index (χ4v) is 2.78. The minimum atomic E-state index is 0.114. The number of nitrogens with zero attached hydrogens (tertiary/aromatic N) is 4. The zero-order valence-corrected chi connectivity index (χ0v) is 12.8. The van der Waals surface area contributed by atoms with Gasteiger partial charge in [-0.2, -0.15) is 5.10 Å². The predicted molar refractivity (Wildman–Crippen MR) is 83.5 cm³/mol. The number of hydrogen-bond acceptors (Lipinski definition) is 6. The topological polar surface area (TPSA) is 89.4 Å². The van der Waals surface area contributed by atoms with E-state index in [4.69, 9.17) is 9.47 Å². The van der Waals surface area contributed by atoms with E-state index in [1.54, 1.807) is 13.3 Å². The summed E-state index contributed by atoms with van der Waals surface area (Å²) in [5.41, 5.74) is 2.65. The molecule has 4 rings (SSSR count). The van der Waals surface area contributed by atoms with Crippen molar-refractivity contribution in [1.82, 2.24) is 24.6 Å². The maximum Gasteiger partial charge on any atom is 0.214 e. The molecule has 0 aromatic carbocycles. The number of imidazole rings is 1. The SMILES string of the molecule is COCc1cn2c(Nc3cc([C@H]4CCCO4)[nH]n3)nccc2n1. The average molecular weight is 314 g/mol. The molecule has 1 fully saturated rings. The Hall–Kier alpha value is -2.45. The predicted octanol–water partition coefficient (Wildman–Crippen LogP) is 2.19. The van der Waals surface area contributed by atoms with E-state index in [9.17, 15) is 0 Å². The first-order valence-corrected chi connectivity index (χ1v) is 7.59. The average Bonchev–Trinajstić information content (AvgIpc) is 3.27. The van der Waals surface area contributed by atoms with Crippen molar-refractivity contribution in [2.45, 2.75) is 25.6 Å². The molecule has 0 aliphatic carbocycles. The number of aromatic nitrogens is 5. The Labute approximate surface area is 132 Å². The van der Waals surface area contributed by atoms with Gasteiger partial charge in [0.25, 0.3) is 0 Å². The third-order valence-electron chi connectivity index (χ3n) is 3.84. The molecule has 0 saturated carbocycles. The number of anilines is 2. The molecular formula is C15H18N6O2. The molecule has 1 aliphatic rings. The van der Waals surface area contributed by atoms with Crippen LogP contribution in [0.4, 0.5) is 11.8 Å². The highest BCUT2D eigenvalue weighted by molar-refractivity contribution is 5.54. The third-order valence-corrected chi connectivity index (χ3v) is 3.84. The summed E-state index contributed by atoms with van der Waals surface area (Å²) in [6.45, 7) is 1.28. The van der Waals surface area contributed by atoms with Gasteiger partial charge in [0.05, 0.1) is 24.1 Å². The van der Waals surface area contributed by atoms with Gasteiger partial charge in [0.15, 0.2) is 5.82 Å². The highest BCUT2D eigenvalue weighted by atomic mass is 16.5. The van der Waals surface area contributed by atoms with Crippen molar-refractivity contribution in [2.75, 3.05) is 19.0 Å². The Kier molecular flexibility index (Phi) is 3.68. The lowest BCUT2D eigenvalue weighted by Crippen LogP contribution is -2.00. The summed E-state index contributed by atoms with van der Waals surface area (Å²) in [5.74, 6) is 1.36. The highest BCUT2D eigenvalue weighted by Gasteiger charge is 2.20. The quantitative estimate of drug-likeness (QED) is 0.750. The minimum Gasteiger partial charge on any atom is -0.378 e. The van der Waals surface area contributed by atoms with Crippen LogP contribution in [0.2, 0.25) is 0 Å². The second-order valence-corrected chi connectivity index (χ2v) is 5.50. The van der Waals surface area contributed by atoms with Crippen LogP contribution >= 0.6 is 0 Å². The molecule has 1 atom stereocenters. The zero-order chi connectivity index (χ0) is 15.6. The molecule has 2 N–H and O–H groups in total. The molecule has 0 radical (unpaired) electrons. The van der Waals surface area contributed by atoms with Gasteiger partial charge in [-0.1, -0.05) is 0 Å². The van der Waals surface area contributed by atoms with Crippen molar-refractivity contribution in [2.24, 2.45) is 0 Å². The Morgan fingerprint density at radius 3 is 3.30 bits per heavy atom. The maximum atomic E-state index is 5.66. The second kappa shape index (κ2) is 5.98. The lowest BCUT2D eigenvalue weighted by atomic mass is 10.2. The molecule has 120 valence electrons. The summed E-state index contributed by atoms with van der Waals surface area (Å²) in [6, 6.07) is 3.82. The second-order valence-electron chi connectivity index (χ2n) is 5.50. The first-order chi connectivity index (χ1) is 11.3. The number of nitrogens with one attached hydrogen (secondary N) is 2. The summed E-state index contributed by atoms with van der Waals surface area (Å²) in [5, 5.41) is 10.5. The number of methoxy groups -OCH3 is 1. The molecular weight excluding hydrogens is 296 g/mol. The van der Waals surface area contributed by atoms with Gasteiger partial charge in [0, 0.05) is 32.2 Å². The summed E-state index contributed by atoms with van der Waals surface area (Å²) >= 11 is 0. The molecule has 8 heteroatoms. The smallest absolute Gasteiger partial charge is 0.214 e. The van der Waals surface area contributed by atoms with Crippen molar-refractivity contribution in [1.29, 1.82) is 0 Å². The van der Waals surface area contributed by atoms with Gasteiger partial charge in [-0.3, -0.25) is 9.50 Å². The van der Waals surface area contributed by atoms with E-state index in [2.05, 4.69) is 25.5 Å². The molecule has 1 saturated heterocycles. The van der Waals surface area contributed by atoms with Gasteiger partial charge in [-0.25, -0.2) is 9.97 Å². The summed E-state index contributed by atoms with van der Waals surface area (Å²) in [4.78, 5) is 8.85. The van der Waals surface area contributed by atoms with Crippen LogP contribution in [0.1, 0.15) is 30.3 Å². The van der Waals surface area contributed by atoms with E-state index in [0.717, 1.165) is 36.5 Å². The number of hydrogen-bond donors (Lipinski definition) is 2. The van der Waals surface area contributed by atoms with Crippen LogP contribution in [0, 0.1) is 0 Å². The van der Waals surface area contributed by atoms with E-state index in [-0.39, 0.29) is 6.10 Å².